The van der Waals surface area contributed by atoms with Gasteiger partial charge in [0.2, 0.25) is 10.0 Å². The molecule has 1 aliphatic rings. The van der Waals surface area contributed by atoms with Crippen LogP contribution < -0.4 is 9.62 Å². The molecule has 1 atom stereocenters. The van der Waals surface area contributed by atoms with E-state index in [2.05, 4.69) is 23.5 Å². The molecular formula is C20H24N2O3S. The standard InChI is InChI=1S/C20H24N2O3S/c1-14(17-8-7-15-5-4-6-18(15)13-17)21-20(23)16-9-11-19(12-10-16)22(2)26(3,24)25/h7-14H,4-6H2,1-3H3,(H,21,23). The molecule has 0 heterocycles. The first-order chi connectivity index (χ1) is 12.3. The third-order valence-corrected chi connectivity index (χ3v) is 6.17. The second-order valence-electron chi connectivity index (χ2n) is 6.85. The van der Waals surface area contributed by atoms with Gasteiger partial charge in [-0.2, -0.15) is 0 Å². The molecule has 1 aliphatic carbocycles. The Morgan fingerprint density at radius 2 is 1.73 bits per heavy atom. The highest BCUT2D eigenvalue weighted by molar-refractivity contribution is 7.92. The van der Waals surface area contributed by atoms with Crippen molar-refractivity contribution in [3.63, 3.8) is 0 Å². The maximum Gasteiger partial charge on any atom is 0.251 e. The zero-order valence-corrected chi connectivity index (χ0v) is 16.1. The Balaban J connectivity index is 1.69. The largest absolute Gasteiger partial charge is 0.346 e. The number of anilines is 1. The van der Waals surface area contributed by atoms with Gasteiger partial charge in [-0.15, -0.1) is 0 Å². The predicted octanol–water partition coefficient (Wildman–Crippen LogP) is 3.06. The SMILES string of the molecule is CC(NC(=O)c1ccc(N(C)S(C)(=O)=O)cc1)c1ccc2c(c1)CCC2. The summed E-state index contributed by atoms with van der Waals surface area (Å²) in [5.41, 5.74) is 4.93. The lowest BCUT2D eigenvalue weighted by Gasteiger charge is -2.18. The van der Waals surface area contributed by atoms with E-state index in [0.29, 0.717) is 11.3 Å². The van der Waals surface area contributed by atoms with E-state index in [1.807, 2.05) is 6.92 Å². The maximum absolute atomic E-state index is 12.5. The number of nitrogens with one attached hydrogen (secondary N) is 1. The Hall–Kier alpha value is -2.34. The van der Waals surface area contributed by atoms with Gasteiger partial charge in [0.15, 0.2) is 0 Å². The minimum atomic E-state index is -3.32. The molecule has 2 aromatic rings. The van der Waals surface area contributed by atoms with Crippen molar-refractivity contribution in [3.05, 3.63) is 64.7 Å². The molecule has 0 fully saturated rings. The van der Waals surface area contributed by atoms with Crippen molar-refractivity contribution < 1.29 is 13.2 Å². The van der Waals surface area contributed by atoms with Gasteiger partial charge in [-0.05, 0) is 67.1 Å². The summed E-state index contributed by atoms with van der Waals surface area (Å²) in [5, 5.41) is 3.01. The van der Waals surface area contributed by atoms with Crippen LogP contribution in [0, 0.1) is 0 Å². The average Bonchev–Trinajstić information content (AvgIpc) is 3.08. The van der Waals surface area contributed by atoms with E-state index in [9.17, 15) is 13.2 Å². The van der Waals surface area contributed by atoms with E-state index in [0.717, 1.165) is 24.7 Å². The van der Waals surface area contributed by atoms with Crippen LogP contribution in [0.15, 0.2) is 42.5 Å². The number of rotatable bonds is 5. The number of carbonyl (C=O) groups is 1. The van der Waals surface area contributed by atoms with Crippen LogP contribution in [0.1, 0.15) is 46.4 Å². The Labute approximate surface area is 155 Å². The minimum Gasteiger partial charge on any atom is -0.346 e. The lowest BCUT2D eigenvalue weighted by atomic mass is 10.0. The number of aryl methyl sites for hydroxylation is 2. The smallest absolute Gasteiger partial charge is 0.251 e. The summed E-state index contributed by atoms with van der Waals surface area (Å²) >= 11 is 0. The highest BCUT2D eigenvalue weighted by atomic mass is 32.2. The third kappa shape index (κ3) is 3.90. The topological polar surface area (TPSA) is 66.5 Å². The number of nitrogens with zero attached hydrogens (tertiary/aromatic N) is 1. The summed E-state index contributed by atoms with van der Waals surface area (Å²) in [7, 11) is -1.83. The van der Waals surface area contributed by atoms with Gasteiger partial charge in [-0.1, -0.05) is 18.2 Å². The van der Waals surface area contributed by atoms with Gasteiger partial charge in [0.05, 0.1) is 18.0 Å². The zero-order chi connectivity index (χ0) is 18.9. The number of amides is 1. The lowest BCUT2D eigenvalue weighted by molar-refractivity contribution is 0.0940. The number of fused-ring (bicyclic) bond motifs is 1. The second-order valence-corrected chi connectivity index (χ2v) is 8.87. The number of carbonyl (C=O) groups excluding carboxylic acids is 1. The summed E-state index contributed by atoms with van der Waals surface area (Å²) < 4.78 is 24.3. The van der Waals surface area contributed by atoms with E-state index in [1.54, 1.807) is 24.3 Å². The van der Waals surface area contributed by atoms with Crippen LogP contribution in [0.4, 0.5) is 5.69 Å². The zero-order valence-electron chi connectivity index (χ0n) is 15.3. The molecule has 26 heavy (non-hydrogen) atoms. The van der Waals surface area contributed by atoms with Gasteiger partial charge in [-0.25, -0.2) is 8.42 Å². The van der Waals surface area contributed by atoms with Crippen molar-refractivity contribution in [2.75, 3.05) is 17.6 Å². The van der Waals surface area contributed by atoms with Crippen LogP contribution in [-0.4, -0.2) is 27.6 Å². The van der Waals surface area contributed by atoms with Crippen molar-refractivity contribution in [3.8, 4) is 0 Å². The van der Waals surface area contributed by atoms with Crippen LogP contribution in [0.2, 0.25) is 0 Å². The van der Waals surface area contributed by atoms with Gasteiger partial charge < -0.3 is 5.32 Å². The Morgan fingerprint density at radius 3 is 2.38 bits per heavy atom. The van der Waals surface area contributed by atoms with Gasteiger partial charge in [0.1, 0.15) is 0 Å². The van der Waals surface area contributed by atoms with Gasteiger partial charge in [0.25, 0.3) is 5.91 Å². The highest BCUT2D eigenvalue weighted by Crippen LogP contribution is 2.25. The molecular weight excluding hydrogens is 348 g/mol. The van der Waals surface area contributed by atoms with Crippen LogP contribution in [0.25, 0.3) is 0 Å². The van der Waals surface area contributed by atoms with Crippen molar-refractivity contribution in [2.24, 2.45) is 0 Å². The molecule has 1 amide bonds. The fourth-order valence-electron chi connectivity index (χ4n) is 3.24. The van der Waals surface area contributed by atoms with Crippen LogP contribution >= 0.6 is 0 Å². The molecule has 0 radical (unpaired) electrons. The van der Waals surface area contributed by atoms with Gasteiger partial charge in [-0.3, -0.25) is 9.10 Å². The molecule has 3 rings (SSSR count). The fourth-order valence-corrected chi connectivity index (χ4v) is 3.74. The predicted molar refractivity (Wildman–Crippen MR) is 104 cm³/mol. The van der Waals surface area contributed by atoms with Crippen LogP contribution in [0.3, 0.4) is 0 Å². The maximum atomic E-state index is 12.5. The first kappa shape index (κ1) is 18.5. The number of hydrogen-bond acceptors (Lipinski definition) is 3. The van der Waals surface area contributed by atoms with Crippen molar-refractivity contribution in [1.82, 2.24) is 5.32 Å². The summed E-state index contributed by atoms with van der Waals surface area (Å²) in [6, 6.07) is 12.9. The number of benzene rings is 2. The summed E-state index contributed by atoms with van der Waals surface area (Å²) in [6.45, 7) is 1.97. The van der Waals surface area contributed by atoms with Crippen molar-refractivity contribution >= 4 is 21.6 Å². The monoisotopic (exact) mass is 372 g/mol. The summed E-state index contributed by atoms with van der Waals surface area (Å²) in [6.07, 6.45) is 4.60. The lowest BCUT2D eigenvalue weighted by Crippen LogP contribution is -2.27. The third-order valence-electron chi connectivity index (χ3n) is 4.96. The molecule has 0 aromatic heterocycles. The fraction of sp³-hybridized carbons (Fsp3) is 0.350. The Morgan fingerprint density at radius 1 is 1.08 bits per heavy atom. The number of sulfonamides is 1. The first-order valence-electron chi connectivity index (χ1n) is 8.72. The Bertz CT molecular complexity index is 921. The molecule has 0 saturated carbocycles. The Kier molecular flexibility index (Phi) is 5.05. The molecule has 0 saturated heterocycles. The molecule has 0 spiro atoms. The second kappa shape index (κ2) is 7.11. The minimum absolute atomic E-state index is 0.0910. The van der Waals surface area contributed by atoms with Crippen LogP contribution in [-0.2, 0) is 22.9 Å². The van der Waals surface area contributed by atoms with E-state index < -0.39 is 10.0 Å². The van der Waals surface area contributed by atoms with Gasteiger partial charge >= 0.3 is 0 Å². The molecule has 1 N–H and O–H groups in total. The van der Waals surface area contributed by atoms with Crippen molar-refractivity contribution in [2.45, 2.75) is 32.2 Å². The number of hydrogen-bond donors (Lipinski definition) is 1. The van der Waals surface area contributed by atoms with E-state index >= 15 is 0 Å². The molecule has 6 heteroatoms. The van der Waals surface area contributed by atoms with E-state index in [4.69, 9.17) is 0 Å². The first-order valence-corrected chi connectivity index (χ1v) is 10.6. The average molecular weight is 372 g/mol. The normalized spacial score (nSPS) is 14.6. The molecule has 0 aliphatic heterocycles. The molecule has 0 bridgehead atoms. The molecule has 1 unspecified atom stereocenters. The summed E-state index contributed by atoms with van der Waals surface area (Å²) in [5.74, 6) is -0.174. The van der Waals surface area contributed by atoms with Gasteiger partial charge in [0, 0.05) is 12.6 Å². The van der Waals surface area contributed by atoms with Crippen molar-refractivity contribution in [1.29, 1.82) is 0 Å². The molecule has 5 nitrogen and oxygen atoms in total. The van der Waals surface area contributed by atoms with E-state index in [1.165, 1.54) is 28.9 Å². The highest BCUT2D eigenvalue weighted by Gasteiger charge is 2.16. The van der Waals surface area contributed by atoms with Crippen LogP contribution in [0.5, 0.6) is 0 Å². The quantitative estimate of drug-likeness (QED) is 0.877. The summed E-state index contributed by atoms with van der Waals surface area (Å²) in [4.78, 5) is 12.5. The van der Waals surface area contributed by atoms with E-state index in [-0.39, 0.29) is 11.9 Å². The molecule has 138 valence electrons. The molecule has 2 aromatic carbocycles.